The van der Waals surface area contributed by atoms with Gasteiger partial charge in [0.25, 0.3) is 5.91 Å². The van der Waals surface area contributed by atoms with E-state index in [1.807, 2.05) is 24.4 Å². The molecule has 0 saturated heterocycles. The number of benzene rings is 2. The predicted molar refractivity (Wildman–Crippen MR) is 109 cm³/mol. The van der Waals surface area contributed by atoms with E-state index in [1.54, 1.807) is 12.1 Å². The van der Waals surface area contributed by atoms with Crippen molar-refractivity contribution in [2.24, 2.45) is 0 Å². The van der Waals surface area contributed by atoms with Gasteiger partial charge in [0.1, 0.15) is 17.3 Å². The third kappa shape index (κ3) is 4.24. The molecule has 29 heavy (non-hydrogen) atoms. The summed E-state index contributed by atoms with van der Waals surface area (Å²) >= 11 is 0. The molecule has 0 aliphatic rings. The van der Waals surface area contributed by atoms with Crippen molar-refractivity contribution in [2.75, 3.05) is 17.2 Å². The molecule has 0 radical (unpaired) electrons. The number of anilines is 2. The molecule has 3 N–H and O–H groups in total. The summed E-state index contributed by atoms with van der Waals surface area (Å²) in [5.41, 5.74) is 3.05. The van der Waals surface area contributed by atoms with Crippen LogP contribution in [0, 0.1) is 11.6 Å². The Bertz CT molecular complexity index is 1170. The van der Waals surface area contributed by atoms with Gasteiger partial charge in [-0.25, -0.2) is 8.78 Å². The molecule has 2 aromatic heterocycles. The van der Waals surface area contributed by atoms with E-state index in [0.29, 0.717) is 12.6 Å². The van der Waals surface area contributed by atoms with Gasteiger partial charge in [-0.2, -0.15) is 0 Å². The van der Waals surface area contributed by atoms with Crippen molar-refractivity contribution >= 4 is 28.2 Å². The van der Waals surface area contributed by atoms with Crippen molar-refractivity contribution in [3.63, 3.8) is 0 Å². The van der Waals surface area contributed by atoms with E-state index in [9.17, 15) is 13.6 Å². The Kier molecular flexibility index (Phi) is 5.20. The monoisotopic (exact) mass is 392 g/mol. The summed E-state index contributed by atoms with van der Waals surface area (Å²) in [4.78, 5) is 19.6. The van der Waals surface area contributed by atoms with Crippen molar-refractivity contribution in [3.8, 4) is 0 Å². The van der Waals surface area contributed by atoms with Gasteiger partial charge in [0.15, 0.2) is 0 Å². The molecule has 0 saturated carbocycles. The summed E-state index contributed by atoms with van der Waals surface area (Å²) in [6, 6.07) is 14.4. The highest BCUT2D eigenvalue weighted by Gasteiger charge is 2.12. The lowest BCUT2D eigenvalue weighted by atomic mass is 10.1. The van der Waals surface area contributed by atoms with Crippen molar-refractivity contribution in [1.29, 1.82) is 0 Å². The lowest BCUT2D eigenvalue weighted by Crippen LogP contribution is -2.15. The van der Waals surface area contributed by atoms with Crippen molar-refractivity contribution in [1.82, 2.24) is 9.97 Å². The molecule has 0 bridgehead atoms. The van der Waals surface area contributed by atoms with Gasteiger partial charge in [-0.15, -0.1) is 0 Å². The second kappa shape index (κ2) is 8.10. The number of para-hydroxylation sites is 1. The van der Waals surface area contributed by atoms with Crippen LogP contribution in [-0.2, 0) is 6.42 Å². The van der Waals surface area contributed by atoms with Crippen LogP contribution in [0.3, 0.4) is 0 Å². The number of halogens is 2. The minimum absolute atomic E-state index is 0.101. The third-order valence-corrected chi connectivity index (χ3v) is 4.57. The average molecular weight is 392 g/mol. The number of pyridine rings is 1. The molecule has 0 spiro atoms. The minimum atomic E-state index is -0.841. The molecule has 0 aliphatic carbocycles. The lowest BCUT2D eigenvalue weighted by Gasteiger charge is -2.09. The van der Waals surface area contributed by atoms with Crippen LogP contribution in [0.25, 0.3) is 10.9 Å². The Morgan fingerprint density at radius 3 is 2.79 bits per heavy atom. The van der Waals surface area contributed by atoms with E-state index < -0.39 is 17.5 Å². The molecule has 2 aromatic carbocycles. The molecule has 4 aromatic rings. The second-order valence-corrected chi connectivity index (χ2v) is 6.54. The number of carbonyl (C=O) groups excluding carboxylic acids is 1. The number of hydrogen-bond donors (Lipinski definition) is 3. The predicted octanol–water partition coefficient (Wildman–Crippen LogP) is 4.75. The molecule has 0 fully saturated rings. The number of hydrogen-bond acceptors (Lipinski definition) is 3. The average Bonchev–Trinajstić information content (AvgIpc) is 3.13. The van der Waals surface area contributed by atoms with Gasteiger partial charge in [-0.05, 0) is 42.3 Å². The smallest absolute Gasteiger partial charge is 0.274 e. The van der Waals surface area contributed by atoms with Gasteiger partial charge >= 0.3 is 0 Å². The first-order chi connectivity index (χ1) is 14.1. The number of rotatable bonds is 6. The summed E-state index contributed by atoms with van der Waals surface area (Å²) < 4.78 is 26.7. The first-order valence-electron chi connectivity index (χ1n) is 9.11. The number of fused-ring (bicyclic) bond motifs is 1. The van der Waals surface area contributed by atoms with Crippen molar-refractivity contribution in [2.45, 2.75) is 6.42 Å². The largest absolute Gasteiger partial charge is 0.385 e. The quantitative estimate of drug-likeness (QED) is 0.444. The fourth-order valence-electron chi connectivity index (χ4n) is 3.12. The Labute approximate surface area is 165 Å². The molecule has 4 rings (SSSR count). The van der Waals surface area contributed by atoms with E-state index in [4.69, 9.17) is 0 Å². The van der Waals surface area contributed by atoms with Crippen LogP contribution in [0.4, 0.5) is 20.2 Å². The van der Waals surface area contributed by atoms with Crippen LogP contribution < -0.4 is 10.6 Å². The molecule has 0 unspecified atom stereocenters. The zero-order chi connectivity index (χ0) is 20.2. The van der Waals surface area contributed by atoms with E-state index >= 15 is 0 Å². The highest BCUT2D eigenvalue weighted by molar-refractivity contribution is 6.03. The maximum absolute atomic E-state index is 13.7. The van der Waals surface area contributed by atoms with Crippen LogP contribution >= 0.6 is 0 Å². The number of amides is 1. The van der Waals surface area contributed by atoms with Crippen molar-refractivity contribution < 1.29 is 13.6 Å². The van der Waals surface area contributed by atoms with Crippen LogP contribution in [-0.4, -0.2) is 22.4 Å². The topological polar surface area (TPSA) is 69.8 Å². The summed E-state index contributed by atoms with van der Waals surface area (Å²) in [6.45, 7) is 0.666. The number of nitrogens with one attached hydrogen (secondary N) is 3. The fourth-order valence-corrected chi connectivity index (χ4v) is 3.12. The molecular formula is C22H18F2N4O. The van der Waals surface area contributed by atoms with Crippen LogP contribution in [0.1, 0.15) is 16.1 Å². The van der Waals surface area contributed by atoms with E-state index in [-0.39, 0.29) is 11.4 Å². The minimum Gasteiger partial charge on any atom is -0.385 e. The van der Waals surface area contributed by atoms with Crippen molar-refractivity contribution in [3.05, 3.63) is 89.9 Å². The molecule has 146 valence electrons. The first kappa shape index (κ1) is 18.6. The summed E-state index contributed by atoms with van der Waals surface area (Å²) in [5.74, 6) is -2.12. The molecular weight excluding hydrogens is 374 g/mol. The number of aromatic amines is 1. The summed E-state index contributed by atoms with van der Waals surface area (Å²) in [6.07, 6.45) is 4.30. The van der Waals surface area contributed by atoms with Gasteiger partial charge < -0.3 is 15.6 Å². The lowest BCUT2D eigenvalue weighted by molar-refractivity contribution is 0.102. The fraction of sp³-hybridized carbons (Fsp3) is 0.0909. The number of aromatic nitrogens is 2. The molecule has 7 heteroatoms. The van der Waals surface area contributed by atoms with Gasteiger partial charge in [0.05, 0.1) is 5.69 Å². The molecule has 2 heterocycles. The maximum Gasteiger partial charge on any atom is 0.274 e. The highest BCUT2D eigenvalue weighted by Crippen LogP contribution is 2.19. The van der Waals surface area contributed by atoms with E-state index in [0.717, 1.165) is 23.7 Å². The van der Waals surface area contributed by atoms with Crippen LogP contribution in [0.15, 0.2) is 67.0 Å². The Morgan fingerprint density at radius 1 is 1.07 bits per heavy atom. The molecule has 5 nitrogen and oxygen atoms in total. The van der Waals surface area contributed by atoms with Gasteiger partial charge in [0, 0.05) is 41.6 Å². The van der Waals surface area contributed by atoms with Gasteiger partial charge in [0.2, 0.25) is 0 Å². The van der Waals surface area contributed by atoms with E-state index in [1.165, 1.54) is 23.2 Å². The standard InChI is InChI=1S/C22H18F2N4O/c23-15-5-6-20(18(24)11-15)28-22(29)21-12-16(8-10-26-21)25-9-7-14-13-27-19-4-2-1-3-17(14)19/h1-6,8,10-13,27H,7,9H2,(H,25,26)(H,28,29). The summed E-state index contributed by atoms with van der Waals surface area (Å²) in [5, 5.41) is 6.86. The molecule has 0 atom stereocenters. The normalized spacial score (nSPS) is 10.8. The highest BCUT2D eigenvalue weighted by atomic mass is 19.1. The zero-order valence-electron chi connectivity index (χ0n) is 15.4. The Morgan fingerprint density at radius 2 is 1.93 bits per heavy atom. The van der Waals surface area contributed by atoms with Crippen LogP contribution in [0.5, 0.6) is 0 Å². The SMILES string of the molecule is O=C(Nc1ccc(F)cc1F)c1cc(NCCc2c[nH]c3ccccc23)ccn1. The first-order valence-corrected chi connectivity index (χ1v) is 9.11. The van der Waals surface area contributed by atoms with Gasteiger partial charge in [-0.3, -0.25) is 9.78 Å². The number of nitrogens with zero attached hydrogens (tertiary/aromatic N) is 1. The Balaban J connectivity index is 1.39. The second-order valence-electron chi connectivity index (χ2n) is 6.54. The van der Waals surface area contributed by atoms with Gasteiger partial charge in [-0.1, -0.05) is 18.2 Å². The van der Waals surface area contributed by atoms with E-state index in [2.05, 4.69) is 26.7 Å². The number of H-pyrrole nitrogens is 1. The number of carbonyl (C=O) groups is 1. The molecule has 1 amide bonds. The summed E-state index contributed by atoms with van der Waals surface area (Å²) in [7, 11) is 0. The Hall–Kier alpha value is -3.74. The maximum atomic E-state index is 13.7. The third-order valence-electron chi connectivity index (χ3n) is 4.57. The van der Waals surface area contributed by atoms with Crippen LogP contribution in [0.2, 0.25) is 0 Å². The molecule has 0 aliphatic heterocycles. The zero-order valence-corrected chi connectivity index (χ0v) is 15.4.